The fourth-order valence-electron chi connectivity index (χ4n) is 1.67. The topological polar surface area (TPSA) is 50.7 Å². The Kier molecular flexibility index (Phi) is 7.34. The van der Waals surface area contributed by atoms with E-state index in [0.717, 1.165) is 12.0 Å². The van der Waals surface area contributed by atoms with E-state index >= 15 is 0 Å². The van der Waals surface area contributed by atoms with Crippen LogP contribution in [0, 0.1) is 0 Å². The average Bonchev–Trinajstić information content (AvgIpc) is 2.45. The smallest absolute Gasteiger partial charge is 0.282 e. The SMILES string of the molecule is CCCOc1c(Br)cc(CNCC(F)(F)CO)cc1OC. The van der Waals surface area contributed by atoms with Crippen molar-refractivity contribution < 1.29 is 23.4 Å². The van der Waals surface area contributed by atoms with Crippen LogP contribution < -0.4 is 14.8 Å². The fourth-order valence-corrected chi connectivity index (χ4v) is 2.27. The summed E-state index contributed by atoms with van der Waals surface area (Å²) in [6, 6.07) is 3.53. The van der Waals surface area contributed by atoms with Crippen molar-refractivity contribution in [1.82, 2.24) is 5.32 Å². The summed E-state index contributed by atoms with van der Waals surface area (Å²) in [4.78, 5) is 0. The summed E-state index contributed by atoms with van der Waals surface area (Å²) in [7, 11) is 1.53. The Labute approximate surface area is 131 Å². The van der Waals surface area contributed by atoms with Gasteiger partial charge >= 0.3 is 0 Å². The number of halogens is 3. The molecule has 0 aliphatic heterocycles. The Morgan fingerprint density at radius 3 is 2.67 bits per heavy atom. The largest absolute Gasteiger partial charge is 0.493 e. The van der Waals surface area contributed by atoms with Gasteiger partial charge in [0.25, 0.3) is 5.92 Å². The molecular formula is C14H20BrF2NO3. The minimum atomic E-state index is -3.12. The van der Waals surface area contributed by atoms with E-state index in [-0.39, 0.29) is 6.54 Å². The number of hydrogen-bond donors (Lipinski definition) is 2. The summed E-state index contributed by atoms with van der Waals surface area (Å²) >= 11 is 3.39. The van der Waals surface area contributed by atoms with Crippen LogP contribution in [0.15, 0.2) is 16.6 Å². The van der Waals surface area contributed by atoms with E-state index in [2.05, 4.69) is 21.2 Å². The van der Waals surface area contributed by atoms with Gasteiger partial charge in [0.2, 0.25) is 0 Å². The van der Waals surface area contributed by atoms with Gasteiger partial charge < -0.3 is 19.9 Å². The van der Waals surface area contributed by atoms with Crippen molar-refractivity contribution >= 4 is 15.9 Å². The van der Waals surface area contributed by atoms with Crippen molar-refractivity contribution in [2.24, 2.45) is 0 Å². The highest BCUT2D eigenvalue weighted by atomic mass is 79.9. The van der Waals surface area contributed by atoms with Crippen LogP contribution in [0.2, 0.25) is 0 Å². The second-order valence-corrected chi connectivity index (χ2v) is 5.43. The first-order valence-electron chi connectivity index (χ1n) is 6.62. The maximum Gasteiger partial charge on any atom is 0.282 e. The Balaban J connectivity index is 2.74. The molecule has 0 aromatic heterocycles. The highest BCUT2D eigenvalue weighted by Gasteiger charge is 2.26. The van der Waals surface area contributed by atoms with Gasteiger partial charge in [0.15, 0.2) is 11.5 Å². The molecule has 0 spiro atoms. The molecule has 0 bridgehead atoms. The molecule has 0 saturated heterocycles. The van der Waals surface area contributed by atoms with Crippen molar-refractivity contribution in [3.05, 3.63) is 22.2 Å². The average molecular weight is 368 g/mol. The van der Waals surface area contributed by atoms with E-state index in [9.17, 15) is 8.78 Å². The molecule has 2 N–H and O–H groups in total. The molecule has 21 heavy (non-hydrogen) atoms. The lowest BCUT2D eigenvalue weighted by Gasteiger charge is -2.16. The summed E-state index contributed by atoms with van der Waals surface area (Å²) in [6.07, 6.45) is 0.870. The second-order valence-electron chi connectivity index (χ2n) is 4.58. The van der Waals surface area contributed by atoms with Crippen LogP contribution in [0.1, 0.15) is 18.9 Å². The van der Waals surface area contributed by atoms with Crippen LogP contribution in [0.5, 0.6) is 11.5 Å². The molecule has 1 rings (SSSR count). The normalized spacial score (nSPS) is 11.5. The van der Waals surface area contributed by atoms with Crippen LogP contribution in [0.4, 0.5) is 8.78 Å². The number of methoxy groups -OCH3 is 1. The number of benzene rings is 1. The van der Waals surface area contributed by atoms with Crippen LogP contribution in [0.25, 0.3) is 0 Å². The first-order chi connectivity index (χ1) is 9.93. The predicted molar refractivity (Wildman–Crippen MR) is 80.2 cm³/mol. The molecular weight excluding hydrogens is 348 g/mol. The fraction of sp³-hybridized carbons (Fsp3) is 0.571. The van der Waals surface area contributed by atoms with Gasteiger partial charge in [-0.25, -0.2) is 8.78 Å². The number of rotatable bonds is 9. The molecule has 0 unspecified atom stereocenters. The zero-order valence-corrected chi connectivity index (χ0v) is 13.7. The van der Waals surface area contributed by atoms with Gasteiger partial charge in [-0.3, -0.25) is 0 Å². The van der Waals surface area contributed by atoms with Crippen molar-refractivity contribution in [3.8, 4) is 11.5 Å². The molecule has 1 aromatic carbocycles. The van der Waals surface area contributed by atoms with Crippen molar-refractivity contribution in [2.45, 2.75) is 25.8 Å². The van der Waals surface area contributed by atoms with Crippen molar-refractivity contribution in [1.29, 1.82) is 0 Å². The van der Waals surface area contributed by atoms with E-state index in [1.807, 2.05) is 6.92 Å². The number of ether oxygens (including phenoxy) is 2. The van der Waals surface area contributed by atoms with E-state index < -0.39 is 19.1 Å². The number of alkyl halides is 2. The Morgan fingerprint density at radius 1 is 1.38 bits per heavy atom. The third-order valence-electron chi connectivity index (χ3n) is 2.68. The van der Waals surface area contributed by atoms with E-state index in [1.165, 1.54) is 7.11 Å². The molecule has 4 nitrogen and oxygen atoms in total. The highest BCUT2D eigenvalue weighted by molar-refractivity contribution is 9.10. The summed E-state index contributed by atoms with van der Waals surface area (Å²) in [6.45, 7) is 1.04. The number of aliphatic hydroxyl groups excluding tert-OH is 1. The molecule has 0 fully saturated rings. The summed E-state index contributed by atoms with van der Waals surface area (Å²) in [5, 5.41) is 11.1. The van der Waals surface area contributed by atoms with Gasteiger partial charge in [-0.05, 0) is 40.0 Å². The molecule has 7 heteroatoms. The monoisotopic (exact) mass is 367 g/mol. The van der Waals surface area contributed by atoms with Crippen LogP contribution in [-0.4, -0.2) is 37.9 Å². The molecule has 0 saturated carbocycles. The van der Waals surface area contributed by atoms with Gasteiger partial charge in [0.05, 0.1) is 24.7 Å². The minimum absolute atomic E-state index is 0.235. The molecule has 0 aliphatic carbocycles. The summed E-state index contributed by atoms with van der Waals surface area (Å²) < 4.78 is 37.4. The molecule has 0 aliphatic rings. The van der Waals surface area contributed by atoms with Crippen LogP contribution in [0.3, 0.4) is 0 Å². The van der Waals surface area contributed by atoms with Crippen LogP contribution in [-0.2, 0) is 6.54 Å². The Bertz CT molecular complexity index is 458. The lowest BCUT2D eigenvalue weighted by Crippen LogP contribution is -2.35. The quantitative estimate of drug-likeness (QED) is 0.704. The Morgan fingerprint density at radius 2 is 2.10 bits per heavy atom. The van der Waals surface area contributed by atoms with Gasteiger partial charge in [-0.2, -0.15) is 0 Å². The third-order valence-corrected chi connectivity index (χ3v) is 3.27. The zero-order chi connectivity index (χ0) is 15.9. The van der Waals surface area contributed by atoms with Gasteiger partial charge in [0, 0.05) is 6.54 Å². The molecule has 0 amide bonds. The third kappa shape index (κ3) is 5.76. The zero-order valence-electron chi connectivity index (χ0n) is 12.1. The van der Waals surface area contributed by atoms with Gasteiger partial charge in [-0.15, -0.1) is 0 Å². The lowest BCUT2D eigenvalue weighted by molar-refractivity contribution is -0.0477. The first kappa shape index (κ1) is 18.1. The number of nitrogens with one attached hydrogen (secondary N) is 1. The Hall–Kier alpha value is -0.920. The predicted octanol–water partition coefficient (Wildman–Crippen LogP) is 2.96. The lowest BCUT2D eigenvalue weighted by atomic mass is 10.2. The highest BCUT2D eigenvalue weighted by Crippen LogP contribution is 2.36. The minimum Gasteiger partial charge on any atom is -0.493 e. The molecule has 120 valence electrons. The first-order valence-corrected chi connectivity index (χ1v) is 7.41. The molecule has 0 atom stereocenters. The number of hydrogen-bond acceptors (Lipinski definition) is 4. The second kappa shape index (κ2) is 8.51. The maximum absolute atomic E-state index is 12.9. The maximum atomic E-state index is 12.9. The van der Waals surface area contributed by atoms with Gasteiger partial charge in [0.1, 0.15) is 6.61 Å². The molecule has 0 radical (unpaired) electrons. The van der Waals surface area contributed by atoms with E-state index in [4.69, 9.17) is 14.6 Å². The van der Waals surface area contributed by atoms with Crippen molar-refractivity contribution in [3.63, 3.8) is 0 Å². The van der Waals surface area contributed by atoms with E-state index in [1.54, 1.807) is 12.1 Å². The van der Waals surface area contributed by atoms with E-state index in [0.29, 0.717) is 22.6 Å². The number of aliphatic hydroxyl groups is 1. The standard InChI is InChI=1S/C14H20BrF2NO3/c1-3-4-21-13-11(15)5-10(6-12(13)20-2)7-18-8-14(16,17)9-19/h5-6,18-19H,3-4,7-9H2,1-2H3. The molecule has 1 aromatic rings. The summed E-state index contributed by atoms with van der Waals surface area (Å²) in [5.74, 6) is -1.97. The van der Waals surface area contributed by atoms with Crippen LogP contribution >= 0.6 is 15.9 Å². The van der Waals surface area contributed by atoms with Gasteiger partial charge in [-0.1, -0.05) is 6.92 Å². The van der Waals surface area contributed by atoms with Crippen molar-refractivity contribution in [2.75, 3.05) is 26.9 Å². The molecule has 0 heterocycles. The summed E-state index contributed by atoms with van der Waals surface area (Å²) in [5.41, 5.74) is 0.774.